The van der Waals surface area contributed by atoms with Crippen LogP contribution in [-0.4, -0.2) is 304 Å². The number of aliphatic carboxylic acids is 2. The highest BCUT2D eigenvalue weighted by molar-refractivity contribution is 6.02. The monoisotopic (exact) mass is 2090 g/mol. The molecule has 0 fully saturated rings. The summed E-state index contributed by atoms with van der Waals surface area (Å²) in [6.45, 7) is 14.5. The van der Waals surface area contributed by atoms with Gasteiger partial charge in [0.2, 0.25) is 106 Å². The Morgan fingerprint density at radius 1 is 0.313 bits per heavy atom. The minimum absolute atomic E-state index is 0.00905. The van der Waals surface area contributed by atoms with Gasteiger partial charge in [0.05, 0.1) is 22.8 Å². The number of primary amides is 1. The molecular formula is C97H139N31O22. The number of carbonyl (C=O) groups excluding carboxylic acids is 18. The Kier molecular flexibility index (Phi) is 50.6. The van der Waals surface area contributed by atoms with E-state index in [9.17, 15) is 106 Å². The highest BCUT2D eigenvalue weighted by Gasteiger charge is 2.38. The van der Waals surface area contributed by atoms with E-state index in [2.05, 4.69) is 126 Å². The topological polar surface area (TPSA) is 810 Å². The zero-order valence-corrected chi connectivity index (χ0v) is 85.3. The number of carboxylic acids is 2. The van der Waals surface area contributed by atoms with Crippen LogP contribution in [0.5, 0.6) is 0 Å². The van der Waals surface area contributed by atoms with E-state index in [1.807, 2.05) is 9.80 Å². The van der Waals surface area contributed by atoms with Crippen LogP contribution in [0.3, 0.4) is 0 Å². The van der Waals surface area contributed by atoms with Crippen LogP contribution < -0.4 is 118 Å². The third-order valence-electron chi connectivity index (χ3n) is 23.3. The minimum Gasteiger partial charge on any atom is -0.481 e. The van der Waals surface area contributed by atoms with E-state index >= 15 is 0 Å². The highest BCUT2D eigenvalue weighted by Crippen LogP contribution is 2.21. The number of aromatic nitrogens is 5. The van der Waals surface area contributed by atoms with Crippen LogP contribution in [0.2, 0.25) is 0 Å². The standard InChI is InChI=1S/C97H139N31O22/c1-52(79(98)134)110-89(144)70(30-22-42-107-96(99)100)121-86(141)59(8)114-80(135)53(2)111-83(138)56(5)117-90(145)72(32-34-77(130)131)124-94(149)75(37-45-128(50-66-26-16-20-40-105-66)51-67-27-17-21-41-106-67)123-88(143)61(10)116-82(137)55(4)113-85(140)58(7)119-92(147)74(36-44-127(48-64-24-14-18-38-103-64)49-65-25-15-19-39-104-65)126-93(148)71(31-23-43-108-97(101)102)122-87(142)60(9)115-81(136)54(3)112-84(139)57(6)118-91(146)73(33-35-78(132)133)125-95(150)76(120-62(11)129)46-63-47-109-69-29-13-12-28-68(63)69/h12-21,24-29,38-41,47,52-61,70-76,109H,22-23,30-37,42-46,48-51H2,1-11H3,(H2,98,134)(H,110,144)(H,111,138)(H,112,139)(H,113,140)(H,114,135)(H,115,136)(H,116,137)(H,117,145)(H,118,146)(H,119,147)(H,120,129)(H,121,141)(H,122,142)(H,123,143)(H,124,149)(H,125,150)(H,126,148)(H,130,131)(H,132,133)(H4,99,100,107)(H4,101,102,108)/t52-,53-,54-,55-,56-,57-,58-,59-,60-,61-,70-,71-,72-,73-,74-,75-,76-/m0/s1. The molecule has 53 nitrogen and oxygen atoms in total. The molecule has 6 rings (SSSR count). The number of hydrogen-bond acceptors (Lipinski definition) is 28. The number of nitrogens with one attached hydrogen (secondary N) is 22. The Bertz CT molecular complexity index is 5560. The summed E-state index contributed by atoms with van der Waals surface area (Å²) in [7, 11) is 0. The first-order chi connectivity index (χ1) is 71.0. The third kappa shape index (κ3) is 43.9. The number of aromatic amines is 1. The molecule has 0 aliphatic carbocycles. The van der Waals surface area contributed by atoms with Gasteiger partial charge in [0.1, 0.15) is 103 Å². The molecule has 0 radical (unpaired) electrons. The lowest BCUT2D eigenvalue weighted by atomic mass is 10.0. The molecular weight excluding hydrogens is 1950 g/mol. The van der Waals surface area contributed by atoms with E-state index in [-0.39, 0.29) is 103 Å². The van der Waals surface area contributed by atoms with Crippen molar-refractivity contribution in [2.24, 2.45) is 17.2 Å². The molecule has 18 amide bonds. The van der Waals surface area contributed by atoms with E-state index in [4.69, 9.17) is 28.0 Å². The van der Waals surface area contributed by atoms with Crippen molar-refractivity contribution in [3.05, 3.63) is 156 Å². The molecule has 0 bridgehead atoms. The maximum Gasteiger partial charge on any atom is 0.303 e. The van der Waals surface area contributed by atoms with Gasteiger partial charge in [0.15, 0.2) is 11.9 Å². The molecule has 1 aromatic carbocycles. The smallest absolute Gasteiger partial charge is 0.303 e. The number of rotatable bonds is 64. The zero-order valence-electron chi connectivity index (χ0n) is 85.3. The van der Waals surface area contributed by atoms with Gasteiger partial charge in [0, 0.05) is 120 Å². The number of hydrogen-bond donors (Lipinski definition) is 27. The van der Waals surface area contributed by atoms with Crippen molar-refractivity contribution in [2.75, 3.05) is 26.2 Å². The predicted octanol–water partition coefficient (Wildman–Crippen LogP) is -5.32. The molecule has 30 N–H and O–H groups in total. The van der Waals surface area contributed by atoms with Gasteiger partial charge in [-0.05, 0) is 181 Å². The lowest BCUT2D eigenvalue weighted by Gasteiger charge is -2.28. The number of H-pyrrole nitrogens is 1. The van der Waals surface area contributed by atoms with Crippen LogP contribution in [0.1, 0.15) is 169 Å². The van der Waals surface area contributed by atoms with E-state index < -0.39 is 253 Å². The van der Waals surface area contributed by atoms with E-state index in [1.165, 1.54) is 76.2 Å². The van der Waals surface area contributed by atoms with Gasteiger partial charge in [-0.2, -0.15) is 0 Å². The molecule has 17 atom stereocenters. The highest BCUT2D eigenvalue weighted by atomic mass is 16.4. The fraction of sp³-hybridized carbons (Fsp3) is 0.485. The number of benzene rings is 1. The lowest BCUT2D eigenvalue weighted by molar-refractivity contribution is -0.139. The molecule has 150 heavy (non-hydrogen) atoms. The molecule has 0 aliphatic heterocycles. The second-order valence-corrected chi connectivity index (χ2v) is 36.0. The largest absolute Gasteiger partial charge is 0.481 e. The van der Waals surface area contributed by atoms with Gasteiger partial charge in [-0.15, -0.1) is 0 Å². The summed E-state index contributed by atoms with van der Waals surface area (Å²) < 4.78 is 0. The first-order valence-electron chi connectivity index (χ1n) is 48.7. The van der Waals surface area contributed by atoms with Gasteiger partial charge in [-0.1, -0.05) is 42.5 Å². The van der Waals surface area contributed by atoms with Crippen LogP contribution in [0.15, 0.2) is 128 Å². The molecule has 5 aromatic heterocycles. The lowest BCUT2D eigenvalue weighted by Crippen LogP contribution is -2.60. The number of carboxylic acid groups (broad SMARTS) is 2. The molecule has 0 spiro atoms. The van der Waals surface area contributed by atoms with Crippen molar-refractivity contribution in [1.29, 1.82) is 10.8 Å². The Balaban J connectivity index is 1.17. The summed E-state index contributed by atoms with van der Waals surface area (Å²) in [5, 5.41) is 83.0. The van der Waals surface area contributed by atoms with E-state index in [0.29, 0.717) is 28.3 Å². The number of pyridine rings is 4. The maximum absolute atomic E-state index is 14.9. The quantitative estimate of drug-likeness (QED) is 0.00963. The van der Waals surface area contributed by atoms with Crippen molar-refractivity contribution in [3.8, 4) is 0 Å². The van der Waals surface area contributed by atoms with Crippen molar-refractivity contribution >= 4 is 141 Å². The molecule has 5 heterocycles. The van der Waals surface area contributed by atoms with Crippen molar-refractivity contribution in [2.45, 2.75) is 276 Å². The number of nitrogens with zero attached hydrogens (tertiary/aromatic N) is 6. The zero-order chi connectivity index (χ0) is 111. The fourth-order valence-corrected chi connectivity index (χ4v) is 14.8. The summed E-state index contributed by atoms with van der Waals surface area (Å²) >= 11 is 0. The van der Waals surface area contributed by atoms with Crippen molar-refractivity contribution < 1.29 is 106 Å². The second-order valence-electron chi connectivity index (χ2n) is 36.0. The number of fused-ring (bicyclic) bond motifs is 1. The molecule has 0 saturated carbocycles. The van der Waals surface area contributed by atoms with Gasteiger partial charge < -0.3 is 133 Å². The molecule has 53 heteroatoms. The number of nitrogens with two attached hydrogens (primary N) is 3. The summed E-state index contributed by atoms with van der Waals surface area (Å²) in [5.41, 5.74) is 20.0. The average molecular weight is 2090 g/mol. The second kappa shape index (κ2) is 62.3. The molecule has 0 unspecified atom stereocenters. The van der Waals surface area contributed by atoms with Gasteiger partial charge in [-0.3, -0.25) is 136 Å². The first-order valence-corrected chi connectivity index (χ1v) is 48.7. The minimum atomic E-state index is -1.75. The Labute approximate surface area is 865 Å². The van der Waals surface area contributed by atoms with E-state index in [1.54, 1.807) is 128 Å². The Morgan fingerprint density at radius 3 is 0.833 bits per heavy atom. The SMILES string of the molecule is CC(=O)N[C@@H](Cc1c[nH]c2ccccc12)C(=O)N[C@@H](CCC(=O)O)C(=O)N[C@@H](C)C(=O)N[C@@H](C)C(=O)N[C@@H](C)C(=O)N[C@@H](CCCNC(=N)N)C(=O)N[C@@H](CCN(Cc1ccccn1)Cc1ccccn1)C(=O)N[C@@H](C)C(=O)N[C@@H](C)C(=O)N[C@@H](C)C(=O)N[C@@H](CCN(Cc1ccccn1)Cc1ccccn1)C(=O)N[C@@H](CCC(=O)O)C(=O)N[C@@H](C)C(=O)N[C@@H](C)C(=O)N[C@@H](C)C(=O)N[C@@H](CCCNC(=N)N)C(=O)N[C@@H](C)C(N)=O. The normalized spacial score (nSPS) is 14.5. The Hall–Kier alpha value is -16.8. The number of carbonyl (C=O) groups is 20. The molecule has 6 aromatic rings. The molecule has 0 aliphatic rings. The maximum atomic E-state index is 14.9. The summed E-state index contributed by atoms with van der Waals surface area (Å²) in [6, 6.07) is 3.14. The van der Waals surface area contributed by atoms with Gasteiger partial charge >= 0.3 is 11.9 Å². The van der Waals surface area contributed by atoms with Crippen molar-refractivity contribution in [1.82, 2.24) is 136 Å². The van der Waals surface area contributed by atoms with Crippen LogP contribution in [0, 0.1) is 10.8 Å². The summed E-state index contributed by atoms with van der Waals surface area (Å²) in [4.78, 5) is 298. The fourth-order valence-electron chi connectivity index (χ4n) is 14.8. The molecule has 0 saturated heterocycles. The number of guanidine groups is 2. The summed E-state index contributed by atoms with van der Waals surface area (Å²) in [6.07, 6.45) is 5.01. The molecule has 814 valence electrons. The first kappa shape index (κ1) is 122. The summed E-state index contributed by atoms with van der Waals surface area (Å²) in [5.74, 6) is -20.3. The van der Waals surface area contributed by atoms with Gasteiger partial charge in [0.25, 0.3) is 0 Å². The van der Waals surface area contributed by atoms with Crippen LogP contribution >= 0.6 is 0 Å². The predicted molar refractivity (Wildman–Crippen MR) is 543 cm³/mol. The van der Waals surface area contributed by atoms with Gasteiger partial charge in [-0.25, -0.2) is 0 Å². The Morgan fingerprint density at radius 2 is 0.560 bits per heavy atom. The number of amides is 18. The van der Waals surface area contributed by atoms with Crippen LogP contribution in [0.25, 0.3) is 10.9 Å². The number of para-hydroxylation sites is 1. The van der Waals surface area contributed by atoms with Crippen LogP contribution in [0.4, 0.5) is 0 Å². The average Bonchev–Trinajstić information content (AvgIpc) is 1.68. The van der Waals surface area contributed by atoms with Crippen LogP contribution in [-0.2, 0) is 128 Å². The van der Waals surface area contributed by atoms with E-state index in [0.717, 1.165) is 10.9 Å². The van der Waals surface area contributed by atoms with Crippen molar-refractivity contribution in [3.63, 3.8) is 0 Å². The third-order valence-corrected chi connectivity index (χ3v) is 23.3.